The smallest absolute Gasteiger partial charge is 0.242 e. The molecule has 0 saturated carbocycles. The summed E-state index contributed by atoms with van der Waals surface area (Å²) in [5.74, 6) is 0. The van der Waals surface area contributed by atoms with Crippen molar-refractivity contribution in [2.45, 2.75) is 11.0 Å². The Morgan fingerprint density at radius 1 is 1.10 bits per heavy atom. The minimum absolute atomic E-state index is 0.103. The molecule has 0 amide bonds. The van der Waals surface area contributed by atoms with Crippen LogP contribution in [0.3, 0.4) is 0 Å². The van der Waals surface area contributed by atoms with Crippen LogP contribution in [0, 0.1) is 0 Å². The van der Waals surface area contributed by atoms with E-state index in [9.17, 15) is 13.5 Å². The molecule has 0 fully saturated rings. The van der Waals surface area contributed by atoms with Crippen molar-refractivity contribution in [3.63, 3.8) is 0 Å². The van der Waals surface area contributed by atoms with Gasteiger partial charge in [0.25, 0.3) is 0 Å². The third kappa shape index (κ3) is 3.07. The molecule has 112 valence electrons. The van der Waals surface area contributed by atoms with Gasteiger partial charge in [-0.2, -0.15) is 0 Å². The van der Waals surface area contributed by atoms with E-state index in [4.69, 9.17) is 5.73 Å². The Morgan fingerprint density at radius 3 is 2.29 bits per heavy atom. The standard InChI is InChI=1S/C15H18N2O3S/c1-17(2)21(19,20)12-8-9-14(16)13(10-12)15(18)11-6-4-3-5-7-11/h3-10,15,18H,16H2,1-2H3. The molecule has 1 unspecified atom stereocenters. The lowest BCUT2D eigenvalue weighted by Gasteiger charge is -2.17. The van der Waals surface area contributed by atoms with Gasteiger partial charge in [0, 0.05) is 25.3 Å². The van der Waals surface area contributed by atoms with Crippen molar-refractivity contribution < 1.29 is 13.5 Å². The molecule has 0 saturated heterocycles. The number of sulfonamides is 1. The molecule has 0 bridgehead atoms. The Morgan fingerprint density at radius 2 is 1.71 bits per heavy atom. The van der Waals surface area contributed by atoms with Crippen molar-refractivity contribution in [2.24, 2.45) is 0 Å². The number of hydrogen-bond donors (Lipinski definition) is 2. The molecule has 5 nitrogen and oxygen atoms in total. The number of rotatable bonds is 4. The van der Waals surface area contributed by atoms with Crippen LogP contribution in [0.1, 0.15) is 17.2 Å². The third-order valence-corrected chi connectivity index (χ3v) is 5.06. The van der Waals surface area contributed by atoms with E-state index < -0.39 is 16.1 Å². The fraction of sp³-hybridized carbons (Fsp3) is 0.200. The van der Waals surface area contributed by atoms with Crippen LogP contribution in [-0.4, -0.2) is 31.9 Å². The highest BCUT2D eigenvalue weighted by molar-refractivity contribution is 7.89. The molecular weight excluding hydrogens is 288 g/mol. The van der Waals surface area contributed by atoms with Gasteiger partial charge in [0.2, 0.25) is 10.0 Å². The number of anilines is 1. The molecule has 1 atom stereocenters. The third-order valence-electron chi connectivity index (χ3n) is 3.25. The summed E-state index contributed by atoms with van der Waals surface area (Å²) in [4.78, 5) is 0.103. The van der Waals surface area contributed by atoms with Crippen molar-refractivity contribution in [2.75, 3.05) is 19.8 Å². The molecule has 0 aliphatic carbocycles. The van der Waals surface area contributed by atoms with E-state index in [0.717, 1.165) is 4.31 Å². The van der Waals surface area contributed by atoms with Crippen LogP contribution in [0.2, 0.25) is 0 Å². The van der Waals surface area contributed by atoms with Crippen LogP contribution in [0.25, 0.3) is 0 Å². The summed E-state index contributed by atoms with van der Waals surface area (Å²) < 4.78 is 25.4. The Kier molecular flexibility index (Phi) is 4.32. The van der Waals surface area contributed by atoms with Gasteiger partial charge < -0.3 is 10.8 Å². The first-order chi connectivity index (χ1) is 9.84. The molecule has 0 aliphatic heterocycles. The van der Waals surface area contributed by atoms with Crippen LogP contribution in [0.4, 0.5) is 5.69 Å². The SMILES string of the molecule is CN(C)S(=O)(=O)c1ccc(N)c(C(O)c2ccccc2)c1. The largest absolute Gasteiger partial charge is 0.398 e. The van der Waals surface area contributed by atoms with Gasteiger partial charge in [-0.25, -0.2) is 12.7 Å². The summed E-state index contributed by atoms with van der Waals surface area (Å²) in [6, 6.07) is 13.3. The predicted octanol–water partition coefficient (Wildman–Crippen LogP) is 1.60. The molecule has 2 rings (SSSR count). The quantitative estimate of drug-likeness (QED) is 0.840. The number of nitrogen functional groups attached to an aromatic ring is 1. The highest BCUT2D eigenvalue weighted by Crippen LogP contribution is 2.29. The second kappa shape index (κ2) is 5.85. The second-order valence-electron chi connectivity index (χ2n) is 4.89. The van der Waals surface area contributed by atoms with Crippen LogP contribution < -0.4 is 5.73 Å². The molecule has 2 aromatic rings. The summed E-state index contributed by atoms with van der Waals surface area (Å²) >= 11 is 0. The normalized spacial score (nSPS) is 13.3. The first kappa shape index (κ1) is 15.5. The number of aliphatic hydroxyl groups excluding tert-OH is 1. The summed E-state index contributed by atoms with van der Waals surface area (Å²) in [7, 11) is -0.651. The average Bonchev–Trinajstić information content (AvgIpc) is 2.47. The number of benzene rings is 2. The topological polar surface area (TPSA) is 83.6 Å². The molecule has 0 spiro atoms. The Hall–Kier alpha value is -1.89. The molecule has 2 aromatic carbocycles. The lowest BCUT2D eigenvalue weighted by atomic mass is 10.0. The fourth-order valence-corrected chi connectivity index (χ4v) is 2.91. The summed E-state index contributed by atoms with van der Waals surface area (Å²) in [6.45, 7) is 0. The highest BCUT2D eigenvalue weighted by Gasteiger charge is 2.21. The molecular formula is C15H18N2O3S. The lowest BCUT2D eigenvalue weighted by Crippen LogP contribution is -2.22. The molecule has 0 radical (unpaired) electrons. The van der Waals surface area contributed by atoms with Crippen molar-refractivity contribution in [3.8, 4) is 0 Å². The van der Waals surface area contributed by atoms with E-state index in [2.05, 4.69) is 0 Å². The molecule has 21 heavy (non-hydrogen) atoms. The minimum atomic E-state index is -3.57. The van der Waals surface area contributed by atoms with E-state index in [1.807, 2.05) is 6.07 Å². The summed E-state index contributed by atoms with van der Waals surface area (Å²) in [5, 5.41) is 10.4. The zero-order chi connectivity index (χ0) is 15.6. The molecule has 0 aromatic heterocycles. The molecule has 3 N–H and O–H groups in total. The highest BCUT2D eigenvalue weighted by atomic mass is 32.2. The summed E-state index contributed by atoms with van der Waals surface area (Å²) in [5.41, 5.74) is 7.26. The molecule has 0 aliphatic rings. The van der Waals surface area contributed by atoms with Crippen LogP contribution >= 0.6 is 0 Å². The number of aliphatic hydroxyl groups is 1. The maximum atomic E-state index is 12.2. The Balaban J connectivity index is 2.51. The average molecular weight is 306 g/mol. The zero-order valence-electron chi connectivity index (χ0n) is 11.9. The van der Waals surface area contributed by atoms with Gasteiger partial charge in [-0.15, -0.1) is 0 Å². The van der Waals surface area contributed by atoms with E-state index in [-0.39, 0.29) is 4.90 Å². The molecule has 0 heterocycles. The van der Waals surface area contributed by atoms with Crippen LogP contribution in [0.5, 0.6) is 0 Å². The Bertz CT molecular complexity index is 728. The fourth-order valence-electron chi connectivity index (χ4n) is 1.98. The van der Waals surface area contributed by atoms with Gasteiger partial charge in [-0.05, 0) is 23.8 Å². The minimum Gasteiger partial charge on any atom is -0.398 e. The second-order valence-corrected chi connectivity index (χ2v) is 7.04. The van der Waals surface area contributed by atoms with Gasteiger partial charge in [-0.3, -0.25) is 0 Å². The summed E-state index contributed by atoms with van der Waals surface area (Å²) in [6.07, 6.45) is -0.969. The predicted molar refractivity (Wildman–Crippen MR) is 82.2 cm³/mol. The zero-order valence-corrected chi connectivity index (χ0v) is 12.7. The van der Waals surface area contributed by atoms with Crippen molar-refractivity contribution in [3.05, 3.63) is 59.7 Å². The monoisotopic (exact) mass is 306 g/mol. The lowest BCUT2D eigenvalue weighted by molar-refractivity contribution is 0.221. The van der Waals surface area contributed by atoms with Crippen LogP contribution in [0.15, 0.2) is 53.4 Å². The van der Waals surface area contributed by atoms with Crippen molar-refractivity contribution in [1.82, 2.24) is 4.31 Å². The van der Waals surface area contributed by atoms with Gasteiger partial charge in [-0.1, -0.05) is 30.3 Å². The number of nitrogens with two attached hydrogens (primary N) is 1. The number of hydrogen-bond acceptors (Lipinski definition) is 4. The first-order valence-electron chi connectivity index (χ1n) is 6.39. The first-order valence-corrected chi connectivity index (χ1v) is 7.83. The van der Waals surface area contributed by atoms with Crippen LogP contribution in [-0.2, 0) is 10.0 Å². The number of nitrogens with zero attached hydrogens (tertiary/aromatic N) is 1. The van der Waals surface area contributed by atoms with Crippen molar-refractivity contribution >= 4 is 15.7 Å². The van der Waals surface area contributed by atoms with Crippen molar-refractivity contribution in [1.29, 1.82) is 0 Å². The van der Waals surface area contributed by atoms with E-state index in [1.54, 1.807) is 24.3 Å². The van der Waals surface area contributed by atoms with Gasteiger partial charge in [0.15, 0.2) is 0 Å². The van der Waals surface area contributed by atoms with E-state index in [1.165, 1.54) is 32.3 Å². The Labute approximate surface area is 124 Å². The van der Waals surface area contributed by atoms with Gasteiger partial charge in [0.1, 0.15) is 6.10 Å². The van der Waals surface area contributed by atoms with Gasteiger partial charge in [0.05, 0.1) is 4.90 Å². The maximum Gasteiger partial charge on any atom is 0.242 e. The molecule has 6 heteroatoms. The van der Waals surface area contributed by atoms with E-state index >= 15 is 0 Å². The maximum absolute atomic E-state index is 12.2. The van der Waals surface area contributed by atoms with E-state index in [0.29, 0.717) is 16.8 Å². The van der Waals surface area contributed by atoms with Gasteiger partial charge >= 0.3 is 0 Å².